The number of amidine groups is 1. The standard InChI is InChI=1S/C20H24N2O2.C19H21NO3.C19H19NO2S/c1-12-13(2)20(24)15(14(3)19(12)23)8-7-11-18-21-16-9-5-6-10-17(16)22(18)4;2*1-11-12(2)19(22)14(13(3)18(11)21)7-6-10-17-20-15-8-4-5-9-16(15)23-17/h5-6,9-10,16-17H,7-8,11H2,1-4H3;4,8H,5-7,9-10H2,1-3H3;4-5,8-9H,6-7,10H2,1-3H3. The van der Waals surface area contributed by atoms with Gasteiger partial charge in [-0.1, -0.05) is 42.5 Å². The molecule has 0 bridgehead atoms. The molecule has 11 nitrogen and oxygen atoms in total. The van der Waals surface area contributed by atoms with E-state index in [1.807, 2.05) is 30.4 Å². The van der Waals surface area contributed by atoms with E-state index in [-0.39, 0.29) is 40.7 Å². The van der Waals surface area contributed by atoms with Gasteiger partial charge >= 0.3 is 0 Å². The van der Waals surface area contributed by atoms with E-state index in [1.165, 1.54) is 4.70 Å². The van der Waals surface area contributed by atoms with Gasteiger partial charge in [0.15, 0.2) is 40.6 Å². The Hall–Kier alpha value is -6.53. The second-order valence-corrected chi connectivity index (χ2v) is 20.1. The molecule has 0 saturated heterocycles. The molecule has 0 amide bonds. The molecule has 364 valence electrons. The van der Waals surface area contributed by atoms with Crippen molar-refractivity contribution in [2.24, 2.45) is 4.99 Å². The molecule has 12 heteroatoms. The van der Waals surface area contributed by atoms with Crippen molar-refractivity contribution in [1.29, 1.82) is 0 Å². The molecular weight excluding hydrogens is 897 g/mol. The third-order valence-electron chi connectivity index (χ3n) is 14.5. The van der Waals surface area contributed by atoms with Crippen LogP contribution in [0.3, 0.4) is 0 Å². The number of hydrogen-bond donors (Lipinski definition) is 0. The van der Waals surface area contributed by atoms with Gasteiger partial charge in [0, 0.05) is 93.2 Å². The molecule has 9 rings (SSSR count). The number of allylic oxidation sites excluding steroid dienone is 15. The molecule has 1 aromatic carbocycles. The molecule has 0 saturated carbocycles. The monoisotopic (exact) mass is 960 g/mol. The van der Waals surface area contributed by atoms with E-state index < -0.39 is 0 Å². The number of thiazole rings is 1. The van der Waals surface area contributed by atoms with Crippen LogP contribution in [0.15, 0.2) is 131 Å². The van der Waals surface area contributed by atoms with Crippen LogP contribution in [0.4, 0.5) is 0 Å². The highest BCUT2D eigenvalue weighted by atomic mass is 32.1. The Balaban J connectivity index is 0.000000155. The van der Waals surface area contributed by atoms with Crippen molar-refractivity contribution in [3.63, 3.8) is 0 Å². The summed E-state index contributed by atoms with van der Waals surface area (Å²) in [6.07, 6.45) is 21.0. The number of ketones is 6. The van der Waals surface area contributed by atoms with Crippen molar-refractivity contribution >= 4 is 68.2 Å². The fraction of sp³-hybridized carbons (Fsp3) is 0.397. The summed E-state index contributed by atoms with van der Waals surface area (Å²) < 4.78 is 6.96. The lowest BCUT2D eigenvalue weighted by molar-refractivity contribution is -0.116. The molecule has 3 heterocycles. The van der Waals surface area contributed by atoms with Crippen molar-refractivity contribution < 1.29 is 33.2 Å². The number of nitrogens with zero attached hydrogens (tertiary/aromatic N) is 4. The number of Topliss-reactive ketones (excluding diaryl/α,β-unsaturated/α-hetero) is 6. The second kappa shape index (κ2) is 22.0. The number of oxazole rings is 1. The van der Waals surface area contributed by atoms with Gasteiger partial charge in [-0.15, -0.1) is 11.3 Å². The molecule has 2 aromatic heterocycles. The van der Waals surface area contributed by atoms with Crippen LogP contribution in [-0.4, -0.2) is 74.5 Å². The Labute approximate surface area is 415 Å². The van der Waals surface area contributed by atoms with Crippen LogP contribution < -0.4 is 0 Å². The van der Waals surface area contributed by atoms with E-state index in [1.54, 1.807) is 73.7 Å². The van der Waals surface area contributed by atoms with Crippen molar-refractivity contribution in [3.8, 4) is 0 Å². The first-order valence-electron chi connectivity index (χ1n) is 24.4. The van der Waals surface area contributed by atoms with E-state index in [2.05, 4.69) is 52.3 Å². The number of para-hydroxylation sites is 1. The van der Waals surface area contributed by atoms with Crippen molar-refractivity contribution in [2.45, 2.75) is 145 Å². The van der Waals surface area contributed by atoms with Crippen LogP contribution in [0.5, 0.6) is 0 Å². The predicted octanol–water partition coefficient (Wildman–Crippen LogP) is 11.4. The molecule has 70 heavy (non-hydrogen) atoms. The van der Waals surface area contributed by atoms with Gasteiger partial charge in [-0.3, -0.25) is 33.8 Å². The second-order valence-electron chi connectivity index (χ2n) is 18.9. The fourth-order valence-electron chi connectivity index (χ4n) is 9.63. The predicted molar refractivity (Wildman–Crippen MR) is 278 cm³/mol. The summed E-state index contributed by atoms with van der Waals surface area (Å²) >= 11 is 1.70. The van der Waals surface area contributed by atoms with E-state index in [9.17, 15) is 28.8 Å². The number of aromatic nitrogens is 2. The van der Waals surface area contributed by atoms with Gasteiger partial charge in [0.2, 0.25) is 0 Å². The maximum absolute atomic E-state index is 12.5. The summed E-state index contributed by atoms with van der Waals surface area (Å²) in [6, 6.07) is 8.62. The fourth-order valence-corrected chi connectivity index (χ4v) is 10.6. The smallest absolute Gasteiger partial charge is 0.194 e. The molecule has 2 atom stereocenters. The largest absolute Gasteiger partial charge is 0.445 e. The summed E-state index contributed by atoms with van der Waals surface area (Å²) in [5, 5.41) is 1.09. The molecule has 1 aliphatic heterocycles. The van der Waals surface area contributed by atoms with E-state index in [0.29, 0.717) is 98.6 Å². The molecule has 0 radical (unpaired) electrons. The summed E-state index contributed by atoms with van der Waals surface area (Å²) in [5.74, 6) is 2.85. The normalized spacial score (nSPS) is 20.3. The Kier molecular flexibility index (Phi) is 16.2. The molecule has 3 aromatic rings. The van der Waals surface area contributed by atoms with Gasteiger partial charge in [-0.05, 0) is 132 Å². The maximum Gasteiger partial charge on any atom is 0.194 e. The third kappa shape index (κ3) is 10.8. The Morgan fingerprint density at radius 1 is 0.586 bits per heavy atom. The lowest BCUT2D eigenvalue weighted by Crippen LogP contribution is -2.35. The number of likely N-dealkylation sites (N-methyl/N-ethyl adjacent to an activating group) is 1. The van der Waals surface area contributed by atoms with Crippen LogP contribution in [-0.2, 0) is 48.0 Å². The number of carbonyl (C=O) groups excluding carboxylic acids is 6. The summed E-state index contributed by atoms with van der Waals surface area (Å²) in [6.45, 7) is 15.7. The van der Waals surface area contributed by atoms with Gasteiger partial charge in [0.1, 0.15) is 17.3 Å². The number of benzene rings is 1. The minimum Gasteiger partial charge on any atom is -0.445 e. The topological polar surface area (TPSA) is 157 Å². The van der Waals surface area contributed by atoms with Crippen LogP contribution in [0, 0.1) is 0 Å². The first kappa shape index (κ1) is 51.3. The minimum absolute atomic E-state index is 0.00572. The highest BCUT2D eigenvalue weighted by Gasteiger charge is 2.33. The van der Waals surface area contributed by atoms with E-state index in [4.69, 9.17) is 9.41 Å². The highest BCUT2D eigenvalue weighted by molar-refractivity contribution is 7.18. The summed E-state index contributed by atoms with van der Waals surface area (Å²) in [5.41, 5.74) is 9.30. The van der Waals surface area contributed by atoms with E-state index >= 15 is 0 Å². The highest BCUT2D eigenvalue weighted by Crippen LogP contribution is 2.32. The minimum atomic E-state index is -0.00572. The lowest BCUT2D eigenvalue weighted by atomic mass is 9.84. The molecule has 0 spiro atoms. The zero-order chi connectivity index (χ0) is 50.6. The number of carbonyl (C=O) groups is 6. The first-order valence-corrected chi connectivity index (χ1v) is 25.2. The molecular formula is C58H64N4O7S. The maximum atomic E-state index is 12.5. The lowest BCUT2D eigenvalue weighted by Gasteiger charge is -2.24. The van der Waals surface area contributed by atoms with Gasteiger partial charge in [-0.25, -0.2) is 9.97 Å². The zero-order valence-electron chi connectivity index (χ0n) is 42.3. The average molecular weight is 961 g/mol. The zero-order valence-corrected chi connectivity index (χ0v) is 43.1. The SMILES string of the molecule is CC1=C(C)C(=O)C(CCCC2=NC3C=CC=CC3N2C)=C(C)C1=O.CC1=C(C)C(=O)C(CCCc2nc3c(o2)CCC=C3)=C(C)C1=O.CC1=C(C)C(=O)C(CCCc2nc3ccccc3s2)=C(C)C1=O. The summed E-state index contributed by atoms with van der Waals surface area (Å²) in [4.78, 5) is 89.9. The van der Waals surface area contributed by atoms with Crippen molar-refractivity contribution in [1.82, 2.24) is 14.9 Å². The van der Waals surface area contributed by atoms with Crippen LogP contribution in [0.2, 0.25) is 0 Å². The van der Waals surface area contributed by atoms with Crippen LogP contribution >= 0.6 is 11.3 Å². The first-order chi connectivity index (χ1) is 33.4. The van der Waals surface area contributed by atoms with Crippen molar-refractivity contribution in [2.75, 3.05) is 7.05 Å². The number of aliphatic imine (C=N–C) groups is 1. The Bertz CT molecular complexity index is 3010. The van der Waals surface area contributed by atoms with Gasteiger partial charge in [0.25, 0.3) is 0 Å². The van der Waals surface area contributed by atoms with Gasteiger partial charge < -0.3 is 9.32 Å². The number of fused-ring (bicyclic) bond motifs is 3. The van der Waals surface area contributed by atoms with E-state index in [0.717, 1.165) is 78.7 Å². The molecule has 0 N–H and O–H groups in total. The molecule has 2 unspecified atom stereocenters. The van der Waals surface area contributed by atoms with Crippen LogP contribution in [0.1, 0.15) is 136 Å². The number of aryl methyl sites for hydroxylation is 3. The average Bonchev–Trinajstić information content (AvgIpc) is 4.08. The van der Waals surface area contributed by atoms with Gasteiger partial charge in [-0.2, -0.15) is 0 Å². The van der Waals surface area contributed by atoms with Crippen LogP contribution in [0.25, 0.3) is 16.3 Å². The molecule has 5 aliphatic carbocycles. The van der Waals surface area contributed by atoms with Crippen molar-refractivity contribution in [3.05, 3.63) is 144 Å². The summed E-state index contributed by atoms with van der Waals surface area (Å²) in [7, 11) is 2.07. The Morgan fingerprint density at radius 2 is 1.09 bits per heavy atom. The number of hydrogen-bond acceptors (Lipinski definition) is 12. The Morgan fingerprint density at radius 3 is 1.61 bits per heavy atom. The molecule has 0 fully saturated rings. The third-order valence-corrected chi connectivity index (χ3v) is 15.6. The number of rotatable bonds is 12. The quantitative estimate of drug-likeness (QED) is 0.160. The van der Waals surface area contributed by atoms with Gasteiger partial charge in [0.05, 0.1) is 27.3 Å². The molecule has 6 aliphatic rings.